The first kappa shape index (κ1) is 31.5. The minimum Gasteiger partial charge on any atom is -0.310 e. The molecular formula is C52H41N. The van der Waals surface area contributed by atoms with Gasteiger partial charge in [-0.05, 0) is 120 Å². The molecular weight excluding hydrogens is 639 g/mol. The van der Waals surface area contributed by atoms with Crippen LogP contribution in [0.3, 0.4) is 0 Å². The Hall–Kier alpha value is -6.18. The summed E-state index contributed by atoms with van der Waals surface area (Å²) in [5.41, 5.74) is 19.0. The number of benzene rings is 8. The van der Waals surface area contributed by atoms with Crippen molar-refractivity contribution in [2.45, 2.75) is 38.5 Å². The van der Waals surface area contributed by atoms with Crippen molar-refractivity contribution < 1.29 is 0 Å². The zero-order chi connectivity index (χ0) is 35.9. The number of nitrogens with zero attached hydrogens (tertiary/aromatic N) is 1. The minimum atomic E-state index is -0.149. The Balaban J connectivity index is 1.22. The molecule has 2 aliphatic carbocycles. The van der Waals surface area contributed by atoms with Crippen molar-refractivity contribution in [2.24, 2.45) is 0 Å². The third-order valence-electron chi connectivity index (χ3n) is 12.0. The second-order valence-corrected chi connectivity index (χ2v) is 15.8. The molecule has 1 heteroatoms. The smallest absolute Gasteiger partial charge is 0.0468 e. The van der Waals surface area contributed by atoms with Gasteiger partial charge in [-0.15, -0.1) is 0 Å². The Morgan fingerprint density at radius 2 is 0.830 bits per heavy atom. The molecule has 0 bridgehead atoms. The van der Waals surface area contributed by atoms with Gasteiger partial charge >= 0.3 is 0 Å². The van der Waals surface area contributed by atoms with E-state index in [-0.39, 0.29) is 10.8 Å². The predicted molar refractivity (Wildman–Crippen MR) is 225 cm³/mol. The predicted octanol–water partition coefficient (Wildman–Crippen LogP) is 14.3. The van der Waals surface area contributed by atoms with Crippen molar-refractivity contribution in [3.63, 3.8) is 0 Å². The largest absolute Gasteiger partial charge is 0.310 e. The zero-order valence-corrected chi connectivity index (χ0v) is 30.7. The van der Waals surface area contributed by atoms with Gasteiger partial charge in [-0.25, -0.2) is 0 Å². The van der Waals surface area contributed by atoms with Gasteiger partial charge in [-0.1, -0.05) is 161 Å². The molecule has 0 fully saturated rings. The molecule has 8 aromatic rings. The molecule has 0 radical (unpaired) electrons. The molecule has 0 amide bonds. The molecule has 8 aromatic carbocycles. The lowest BCUT2D eigenvalue weighted by Crippen LogP contribution is -2.17. The Morgan fingerprint density at radius 3 is 1.53 bits per heavy atom. The van der Waals surface area contributed by atoms with Crippen molar-refractivity contribution in [1.29, 1.82) is 0 Å². The average molecular weight is 680 g/mol. The molecule has 0 atom stereocenters. The average Bonchev–Trinajstić information content (AvgIpc) is 3.58. The van der Waals surface area contributed by atoms with E-state index in [4.69, 9.17) is 0 Å². The highest BCUT2D eigenvalue weighted by Gasteiger charge is 2.38. The summed E-state index contributed by atoms with van der Waals surface area (Å²) in [6.07, 6.45) is 0. The van der Waals surface area contributed by atoms with Crippen LogP contribution in [0.5, 0.6) is 0 Å². The molecule has 2 aliphatic rings. The minimum absolute atomic E-state index is 0.102. The molecule has 0 N–H and O–H groups in total. The normalized spacial score (nSPS) is 14.3. The quantitative estimate of drug-likeness (QED) is 0.175. The van der Waals surface area contributed by atoms with E-state index in [0.29, 0.717) is 0 Å². The summed E-state index contributed by atoms with van der Waals surface area (Å²) in [5, 5.41) is 2.59. The zero-order valence-electron chi connectivity index (χ0n) is 30.7. The number of fused-ring (bicyclic) bond motifs is 8. The van der Waals surface area contributed by atoms with Gasteiger partial charge in [0.25, 0.3) is 0 Å². The third-order valence-corrected chi connectivity index (χ3v) is 12.0. The Kier molecular flexibility index (Phi) is 6.94. The van der Waals surface area contributed by atoms with Gasteiger partial charge in [0.15, 0.2) is 0 Å². The van der Waals surface area contributed by atoms with Crippen molar-refractivity contribution in [3.05, 3.63) is 198 Å². The summed E-state index contributed by atoms with van der Waals surface area (Å²) in [4.78, 5) is 2.46. The molecule has 0 unspecified atom stereocenters. The van der Waals surface area contributed by atoms with Crippen LogP contribution in [0.15, 0.2) is 176 Å². The van der Waals surface area contributed by atoms with Gasteiger partial charge in [-0.3, -0.25) is 0 Å². The number of hydrogen-bond acceptors (Lipinski definition) is 1. The van der Waals surface area contributed by atoms with E-state index in [9.17, 15) is 0 Å². The summed E-state index contributed by atoms with van der Waals surface area (Å²) in [6.45, 7) is 9.52. The van der Waals surface area contributed by atoms with Crippen LogP contribution in [0.4, 0.5) is 17.1 Å². The van der Waals surface area contributed by atoms with Crippen molar-refractivity contribution >= 4 is 27.8 Å². The van der Waals surface area contributed by atoms with Gasteiger partial charge in [0.1, 0.15) is 0 Å². The summed E-state index contributed by atoms with van der Waals surface area (Å²) in [6, 6.07) is 65.2. The first-order valence-corrected chi connectivity index (χ1v) is 18.8. The SMILES string of the molecule is CC1(C)c2ccccc2-c2ccc(N(c3ccc(-c4ccccc4)cc3)c3ccc4c(-c5ccccc5)cc5c(c4c3)C(C)(C)c3ccccc3-5)cc21. The fraction of sp³-hybridized carbons (Fsp3) is 0.115. The van der Waals surface area contributed by atoms with Crippen molar-refractivity contribution in [2.75, 3.05) is 4.90 Å². The van der Waals surface area contributed by atoms with E-state index in [0.717, 1.165) is 17.1 Å². The van der Waals surface area contributed by atoms with Gasteiger partial charge < -0.3 is 4.90 Å². The molecule has 0 heterocycles. The summed E-state index contributed by atoms with van der Waals surface area (Å²) in [5.74, 6) is 0. The lowest BCUT2D eigenvalue weighted by atomic mass is 9.79. The van der Waals surface area contributed by atoms with Crippen LogP contribution < -0.4 is 4.90 Å². The van der Waals surface area contributed by atoms with Gasteiger partial charge in [0.05, 0.1) is 0 Å². The van der Waals surface area contributed by atoms with Crippen LogP contribution in [0, 0.1) is 0 Å². The number of rotatable bonds is 5. The Bertz CT molecular complexity index is 2700. The fourth-order valence-electron chi connectivity index (χ4n) is 9.40. The summed E-state index contributed by atoms with van der Waals surface area (Å²) >= 11 is 0. The maximum atomic E-state index is 2.46. The maximum Gasteiger partial charge on any atom is 0.0468 e. The molecule has 0 saturated carbocycles. The highest BCUT2D eigenvalue weighted by molar-refractivity contribution is 6.07. The molecule has 1 nitrogen and oxygen atoms in total. The molecule has 10 rings (SSSR count). The van der Waals surface area contributed by atoms with Crippen LogP contribution in [0.2, 0.25) is 0 Å². The van der Waals surface area contributed by atoms with Crippen LogP contribution in [-0.2, 0) is 10.8 Å². The molecule has 0 saturated heterocycles. The van der Waals surface area contributed by atoms with Gasteiger partial charge in [-0.2, -0.15) is 0 Å². The van der Waals surface area contributed by atoms with Crippen LogP contribution in [0.25, 0.3) is 55.3 Å². The number of anilines is 3. The van der Waals surface area contributed by atoms with Gasteiger partial charge in [0.2, 0.25) is 0 Å². The van der Waals surface area contributed by atoms with E-state index in [2.05, 4.69) is 209 Å². The monoisotopic (exact) mass is 679 g/mol. The lowest BCUT2D eigenvalue weighted by molar-refractivity contribution is 0.660. The van der Waals surface area contributed by atoms with E-state index in [1.807, 2.05) is 0 Å². The third kappa shape index (κ3) is 4.77. The topological polar surface area (TPSA) is 3.24 Å². The summed E-state index contributed by atoms with van der Waals surface area (Å²) in [7, 11) is 0. The Labute approximate surface area is 312 Å². The maximum absolute atomic E-state index is 2.46. The lowest BCUT2D eigenvalue weighted by Gasteiger charge is -2.29. The van der Waals surface area contributed by atoms with E-state index in [1.165, 1.54) is 77.5 Å². The first-order chi connectivity index (χ1) is 25.8. The van der Waals surface area contributed by atoms with Crippen LogP contribution in [0.1, 0.15) is 49.9 Å². The molecule has 254 valence electrons. The molecule has 53 heavy (non-hydrogen) atoms. The first-order valence-electron chi connectivity index (χ1n) is 18.8. The van der Waals surface area contributed by atoms with Crippen molar-refractivity contribution in [1.82, 2.24) is 0 Å². The van der Waals surface area contributed by atoms with Crippen LogP contribution in [-0.4, -0.2) is 0 Å². The van der Waals surface area contributed by atoms with E-state index >= 15 is 0 Å². The second-order valence-electron chi connectivity index (χ2n) is 15.8. The standard InChI is InChI=1S/C52H41N/c1-51(2)47-21-13-11-19-41(47)43-30-28-39(32-49(43)51)53(37-25-23-35(24-26-37)34-15-7-5-8-16-34)38-27-29-40-44(36-17-9-6-10-18-36)33-46-42-20-12-14-22-48(42)52(3,4)50(46)45(40)31-38/h5-33H,1-4H3. The number of hydrogen-bond donors (Lipinski definition) is 0. The molecule has 0 aromatic heterocycles. The van der Waals surface area contributed by atoms with Crippen molar-refractivity contribution in [3.8, 4) is 44.5 Å². The van der Waals surface area contributed by atoms with Gasteiger partial charge in [0, 0.05) is 27.9 Å². The van der Waals surface area contributed by atoms with E-state index < -0.39 is 0 Å². The molecule has 0 spiro atoms. The Morgan fingerprint density at radius 1 is 0.321 bits per heavy atom. The highest BCUT2D eigenvalue weighted by atomic mass is 15.1. The van der Waals surface area contributed by atoms with Crippen LogP contribution >= 0.6 is 0 Å². The summed E-state index contributed by atoms with van der Waals surface area (Å²) < 4.78 is 0. The second kappa shape index (κ2) is 11.7. The fourth-order valence-corrected chi connectivity index (χ4v) is 9.40. The van der Waals surface area contributed by atoms with E-state index in [1.54, 1.807) is 0 Å². The molecule has 0 aliphatic heterocycles. The highest BCUT2D eigenvalue weighted by Crippen LogP contribution is 2.55.